The number of halogens is 3. The molecule has 0 aliphatic heterocycles. The summed E-state index contributed by atoms with van der Waals surface area (Å²) in [4.78, 5) is 17.4. The van der Waals surface area contributed by atoms with Crippen LogP contribution in [-0.4, -0.2) is 20.7 Å². The van der Waals surface area contributed by atoms with Gasteiger partial charge in [0.05, 0.1) is 5.69 Å². The number of carbonyl (C=O) groups is 1. The molecule has 0 bridgehead atoms. The fraction of sp³-hybridized carbons (Fsp3) is 0.0455. The van der Waals surface area contributed by atoms with Gasteiger partial charge in [-0.1, -0.05) is 61.7 Å². The first-order valence-corrected chi connectivity index (χ1v) is 10.9. The van der Waals surface area contributed by atoms with Crippen molar-refractivity contribution in [2.75, 3.05) is 5.32 Å². The molecule has 1 amide bonds. The predicted octanol–water partition coefficient (Wildman–Crippen LogP) is 6.67. The minimum atomic E-state index is -0.394. The fourth-order valence-corrected chi connectivity index (χ4v) is 3.61. The molecular weight excluding hydrogens is 532 g/mol. The Balaban J connectivity index is 1.79. The van der Waals surface area contributed by atoms with Crippen LogP contribution in [0.5, 0.6) is 0 Å². The van der Waals surface area contributed by atoms with E-state index >= 15 is 0 Å². The topological polar surface area (TPSA) is 59.8 Å². The van der Waals surface area contributed by atoms with Gasteiger partial charge >= 0.3 is 0 Å². The zero-order valence-electron chi connectivity index (χ0n) is 15.7. The van der Waals surface area contributed by atoms with Crippen LogP contribution < -0.4 is 5.32 Å². The average molecular weight is 547 g/mol. The van der Waals surface area contributed by atoms with Crippen LogP contribution in [0, 0.1) is 6.92 Å². The van der Waals surface area contributed by atoms with Gasteiger partial charge in [0.15, 0.2) is 5.82 Å². The number of benzene rings is 3. The molecule has 0 aliphatic carbocycles. The second-order valence-corrected chi connectivity index (χ2v) is 8.76. The highest BCUT2D eigenvalue weighted by molar-refractivity contribution is 9.10. The van der Waals surface area contributed by atoms with Crippen molar-refractivity contribution in [3.8, 4) is 17.1 Å². The third-order valence-electron chi connectivity index (χ3n) is 4.48. The van der Waals surface area contributed by atoms with E-state index in [0.717, 1.165) is 25.8 Å². The normalized spacial score (nSPS) is 10.8. The second kappa shape index (κ2) is 8.71. The molecule has 0 atom stereocenters. The standard InChI is InChI=1S/C22H15Br2ClN4O/c1-13-18(25)3-2-4-19(13)29-21(14-5-7-15(23)8-6-14)27-20(28-29)22(30)26-17-11-9-16(24)10-12-17/h2-12H,1H3,(H,26,30). The highest BCUT2D eigenvalue weighted by Crippen LogP contribution is 2.28. The number of aromatic nitrogens is 3. The summed E-state index contributed by atoms with van der Waals surface area (Å²) < 4.78 is 3.53. The van der Waals surface area contributed by atoms with Gasteiger partial charge in [0.1, 0.15) is 0 Å². The van der Waals surface area contributed by atoms with E-state index in [1.807, 2.05) is 61.5 Å². The van der Waals surface area contributed by atoms with Crippen molar-refractivity contribution >= 4 is 55.1 Å². The smallest absolute Gasteiger partial charge is 0.295 e. The number of hydrogen-bond acceptors (Lipinski definition) is 3. The van der Waals surface area contributed by atoms with Gasteiger partial charge in [-0.3, -0.25) is 4.79 Å². The summed E-state index contributed by atoms with van der Waals surface area (Å²) in [6.07, 6.45) is 0. The van der Waals surface area contributed by atoms with Crippen LogP contribution >= 0.6 is 43.5 Å². The molecular formula is C22H15Br2ClN4O. The Morgan fingerprint density at radius 1 is 0.967 bits per heavy atom. The van der Waals surface area contributed by atoms with Crippen molar-refractivity contribution in [2.45, 2.75) is 6.92 Å². The first kappa shape index (κ1) is 20.8. The van der Waals surface area contributed by atoms with Crippen molar-refractivity contribution in [2.24, 2.45) is 0 Å². The molecule has 150 valence electrons. The quantitative estimate of drug-likeness (QED) is 0.311. The monoisotopic (exact) mass is 544 g/mol. The molecule has 0 fully saturated rings. The van der Waals surface area contributed by atoms with Gasteiger partial charge in [0.25, 0.3) is 5.91 Å². The number of nitrogens with one attached hydrogen (secondary N) is 1. The lowest BCUT2D eigenvalue weighted by atomic mass is 10.1. The molecule has 0 radical (unpaired) electrons. The molecule has 30 heavy (non-hydrogen) atoms. The largest absolute Gasteiger partial charge is 0.319 e. The zero-order valence-corrected chi connectivity index (χ0v) is 19.7. The van der Waals surface area contributed by atoms with E-state index in [4.69, 9.17) is 11.6 Å². The molecule has 0 aliphatic rings. The molecule has 1 heterocycles. The lowest BCUT2D eigenvalue weighted by Crippen LogP contribution is -2.14. The molecule has 0 saturated carbocycles. The van der Waals surface area contributed by atoms with Gasteiger partial charge in [-0.25, -0.2) is 9.67 Å². The van der Waals surface area contributed by atoms with Gasteiger partial charge in [-0.2, -0.15) is 0 Å². The molecule has 4 aromatic rings. The Morgan fingerprint density at radius 3 is 2.27 bits per heavy atom. The summed E-state index contributed by atoms with van der Waals surface area (Å²) in [6.45, 7) is 1.91. The minimum absolute atomic E-state index is 0.0650. The minimum Gasteiger partial charge on any atom is -0.319 e. The predicted molar refractivity (Wildman–Crippen MR) is 126 cm³/mol. The third kappa shape index (κ3) is 4.33. The maximum atomic E-state index is 12.8. The number of anilines is 1. The van der Waals surface area contributed by atoms with Gasteiger partial charge in [0, 0.05) is 25.2 Å². The zero-order chi connectivity index (χ0) is 21.3. The van der Waals surface area contributed by atoms with Gasteiger partial charge < -0.3 is 5.32 Å². The molecule has 0 saturated heterocycles. The van der Waals surface area contributed by atoms with E-state index in [2.05, 4.69) is 47.3 Å². The summed E-state index contributed by atoms with van der Waals surface area (Å²) in [5.41, 5.74) is 3.09. The Kier molecular flexibility index (Phi) is 6.04. The van der Waals surface area contributed by atoms with Crippen molar-refractivity contribution in [3.63, 3.8) is 0 Å². The lowest BCUT2D eigenvalue weighted by molar-refractivity contribution is 0.101. The van der Waals surface area contributed by atoms with Crippen molar-refractivity contribution < 1.29 is 4.79 Å². The number of amides is 1. The second-order valence-electron chi connectivity index (χ2n) is 6.52. The van der Waals surface area contributed by atoms with Crippen molar-refractivity contribution in [1.29, 1.82) is 0 Å². The van der Waals surface area contributed by atoms with Gasteiger partial charge in [-0.05, 0) is 61.0 Å². The first-order chi connectivity index (χ1) is 14.4. The lowest BCUT2D eigenvalue weighted by Gasteiger charge is -2.10. The summed E-state index contributed by atoms with van der Waals surface area (Å²) >= 11 is 13.2. The van der Waals surface area contributed by atoms with E-state index in [9.17, 15) is 4.79 Å². The number of hydrogen-bond donors (Lipinski definition) is 1. The summed E-state index contributed by atoms with van der Waals surface area (Å²) in [5, 5.41) is 7.96. The highest BCUT2D eigenvalue weighted by Gasteiger charge is 2.20. The van der Waals surface area contributed by atoms with Crippen LogP contribution in [-0.2, 0) is 0 Å². The number of carbonyl (C=O) groups excluding carboxylic acids is 1. The SMILES string of the molecule is Cc1c(Cl)cccc1-n1nc(C(=O)Nc2ccc(Br)cc2)nc1-c1ccc(Br)cc1. The molecule has 1 aromatic heterocycles. The molecule has 8 heteroatoms. The van der Waals surface area contributed by atoms with Gasteiger partial charge in [-0.15, -0.1) is 5.10 Å². The fourth-order valence-electron chi connectivity index (χ4n) is 2.91. The average Bonchev–Trinajstić information content (AvgIpc) is 3.17. The molecule has 5 nitrogen and oxygen atoms in total. The summed E-state index contributed by atoms with van der Waals surface area (Å²) in [5.74, 6) is 0.221. The van der Waals surface area contributed by atoms with Crippen molar-refractivity contribution in [1.82, 2.24) is 14.8 Å². The molecule has 0 spiro atoms. The molecule has 3 aromatic carbocycles. The number of nitrogens with zero attached hydrogens (tertiary/aromatic N) is 3. The van der Waals surface area contributed by atoms with Gasteiger partial charge in [0.2, 0.25) is 5.82 Å². The molecule has 4 rings (SSSR count). The first-order valence-electron chi connectivity index (χ1n) is 8.98. The third-order valence-corrected chi connectivity index (χ3v) is 5.95. The Morgan fingerprint density at radius 2 is 1.60 bits per heavy atom. The highest BCUT2D eigenvalue weighted by atomic mass is 79.9. The van der Waals surface area contributed by atoms with E-state index in [1.54, 1.807) is 16.8 Å². The molecule has 0 unspecified atom stereocenters. The van der Waals surface area contributed by atoms with Crippen LogP contribution in [0.15, 0.2) is 75.7 Å². The Hall–Kier alpha value is -2.48. The van der Waals surface area contributed by atoms with Crippen LogP contribution in [0.2, 0.25) is 5.02 Å². The van der Waals surface area contributed by atoms with Crippen LogP contribution in [0.25, 0.3) is 17.1 Å². The van der Waals surface area contributed by atoms with Crippen LogP contribution in [0.4, 0.5) is 5.69 Å². The van der Waals surface area contributed by atoms with E-state index in [1.165, 1.54) is 0 Å². The summed E-state index contributed by atoms with van der Waals surface area (Å²) in [7, 11) is 0. The Labute approximate surface area is 195 Å². The van der Waals surface area contributed by atoms with Crippen LogP contribution in [0.1, 0.15) is 16.2 Å². The van der Waals surface area contributed by atoms with Crippen LogP contribution in [0.3, 0.4) is 0 Å². The maximum Gasteiger partial charge on any atom is 0.295 e. The molecule has 1 N–H and O–H groups in total. The van der Waals surface area contributed by atoms with E-state index in [0.29, 0.717) is 16.5 Å². The Bertz CT molecular complexity index is 1220. The van der Waals surface area contributed by atoms with Crippen molar-refractivity contribution in [3.05, 3.63) is 92.1 Å². The van der Waals surface area contributed by atoms with E-state index < -0.39 is 5.91 Å². The number of rotatable bonds is 4. The summed E-state index contributed by atoms with van der Waals surface area (Å²) in [6, 6.07) is 20.5. The van der Waals surface area contributed by atoms with E-state index in [-0.39, 0.29) is 5.82 Å². The maximum absolute atomic E-state index is 12.8.